The van der Waals surface area contributed by atoms with Gasteiger partial charge in [-0.05, 0) is 0 Å². The minimum atomic E-state index is 1.07. The molecule has 0 aromatic carbocycles. The van der Waals surface area contributed by atoms with Gasteiger partial charge in [0.05, 0.1) is 0 Å². The van der Waals surface area contributed by atoms with E-state index in [9.17, 15) is 0 Å². The molecule has 0 amide bonds. The highest BCUT2D eigenvalue weighted by Gasteiger charge is 1.68. The molecule has 0 saturated heterocycles. The zero-order valence-corrected chi connectivity index (χ0v) is 4.28. The van der Waals surface area contributed by atoms with Gasteiger partial charge >= 0.3 is 0 Å². The summed E-state index contributed by atoms with van der Waals surface area (Å²) in [4.78, 5) is 0. The molecule has 0 rings (SSSR count). The molecular weight excluding hydrogens is 72.1 g/mol. The molecule has 0 aliphatic heterocycles. The quantitative estimate of drug-likeness (QED) is 0.362. The summed E-state index contributed by atoms with van der Waals surface area (Å²) in [6.45, 7) is 7.25. The lowest BCUT2D eigenvalue weighted by Crippen LogP contribution is -1.62. The summed E-state index contributed by atoms with van der Waals surface area (Å²) in [5.74, 6) is 0. The summed E-state index contributed by atoms with van der Waals surface area (Å²) in [5, 5.41) is 0. The lowest BCUT2D eigenvalue weighted by molar-refractivity contribution is 0.815. The molecule has 0 spiro atoms. The molecule has 0 nitrogen and oxygen atoms in total. The van der Waals surface area contributed by atoms with E-state index >= 15 is 0 Å². The van der Waals surface area contributed by atoms with Gasteiger partial charge < -0.3 is 6.58 Å². The first-order valence-electron chi connectivity index (χ1n) is 2.45. The Kier molecular flexibility index (Phi) is 4.53. The second-order valence-corrected chi connectivity index (χ2v) is 1.38. The van der Waals surface area contributed by atoms with Gasteiger partial charge in [-0.3, -0.25) is 6.08 Å². The number of hydrogen-bond donors (Lipinski definition) is 0. The predicted molar refractivity (Wildman–Crippen MR) is 28.4 cm³/mol. The zero-order chi connectivity index (χ0) is 4.83. The van der Waals surface area contributed by atoms with Crippen molar-refractivity contribution in [2.45, 2.75) is 26.2 Å². The van der Waals surface area contributed by atoms with Gasteiger partial charge in [-0.15, -0.1) is 0 Å². The molecule has 0 N–H and O–H groups in total. The van der Waals surface area contributed by atoms with Crippen LogP contribution in [0.3, 0.4) is 0 Å². The van der Waals surface area contributed by atoms with Gasteiger partial charge in [-0.2, -0.15) is 0 Å². The average molecular weight is 83.2 g/mol. The number of rotatable bonds is 3. The van der Waals surface area contributed by atoms with Gasteiger partial charge in [0, 0.05) is 0 Å². The van der Waals surface area contributed by atoms with Crippen molar-refractivity contribution in [3.8, 4) is 0 Å². The molecule has 0 aromatic heterocycles. The van der Waals surface area contributed by atoms with Crippen molar-refractivity contribution in [2.24, 2.45) is 0 Å². The van der Waals surface area contributed by atoms with Crippen LogP contribution in [0.2, 0.25) is 0 Å². The number of allylic oxidation sites excluding steroid dienone is 1. The fourth-order valence-corrected chi connectivity index (χ4v) is 0.322. The maximum atomic E-state index is 5.09. The molecule has 0 heterocycles. The summed E-state index contributed by atoms with van der Waals surface area (Å²) < 4.78 is 0. The molecule has 0 saturated carbocycles. The molecule has 0 aliphatic rings. The molecule has 0 radical (unpaired) electrons. The van der Waals surface area contributed by atoms with E-state index in [4.69, 9.17) is 6.58 Å². The fraction of sp³-hybridized carbons (Fsp3) is 0.667. The Morgan fingerprint density at radius 3 is 2.50 bits per heavy atom. The SMILES string of the molecule is [CH-]=CCCCC. The molecule has 0 aromatic rings. The monoisotopic (exact) mass is 83.1 g/mol. The first-order valence-corrected chi connectivity index (χ1v) is 2.45. The van der Waals surface area contributed by atoms with E-state index in [-0.39, 0.29) is 0 Å². The van der Waals surface area contributed by atoms with Gasteiger partial charge in [-0.1, -0.05) is 26.2 Å². The number of hydrogen-bond acceptors (Lipinski definition) is 0. The summed E-state index contributed by atoms with van der Waals surface area (Å²) in [7, 11) is 0. The summed E-state index contributed by atoms with van der Waals surface area (Å²) >= 11 is 0. The van der Waals surface area contributed by atoms with Crippen molar-refractivity contribution >= 4 is 0 Å². The highest BCUT2D eigenvalue weighted by atomic mass is 13.8. The molecule has 0 bridgehead atoms. The Morgan fingerprint density at radius 1 is 1.67 bits per heavy atom. The standard InChI is InChI=1S/C6H11/c1-3-5-6-4-2/h1,3H,4-6H2,2H3/q-1. The van der Waals surface area contributed by atoms with Crippen LogP contribution in [0.1, 0.15) is 26.2 Å². The maximum Gasteiger partial charge on any atom is -0.0528 e. The normalized spacial score (nSPS) is 8.17. The first kappa shape index (κ1) is 5.74. The van der Waals surface area contributed by atoms with E-state index in [0.29, 0.717) is 0 Å². The third-order valence-electron chi connectivity index (χ3n) is 0.724. The lowest BCUT2D eigenvalue weighted by atomic mass is 10.3. The summed E-state index contributed by atoms with van der Waals surface area (Å²) in [6, 6.07) is 0. The van der Waals surface area contributed by atoms with Crippen molar-refractivity contribution in [2.75, 3.05) is 0 Å². The van der Waals surface area contributed by atoms with Crippen LogP contribution >= 0.6 is 0 Å². The minimum Gasteiger partial charge on any atom is -0.518 e. The van der Waals surface area contributed by atoms with Crippen molar-refractivity contribution in [3.05, 3.63) is 12.7 Å². The Balaban J connectivity index is 2.49. The molecular formula is C6H11-. The van der Waals surface area contributed by atoms with E-state index < -0.39 is 0 Å². The summed E-state index contributed by atoms with van der Waals surface area (Å²) in [5.41, 5.74) is 0. The second kappa shape index (κ2) is 4.74. The van der Waals surface area contributed by atoms with E-state index in [1.54, 1.807) is 6.08 Å². The Bertz CT molecular complexity index is 29.0. The number of unbranched alkanes of at least 4 members (excludes halogenated alkanes) is 2. The highest BCUT2D eigenvalue weighted by molar-refractivity contribution is 4.59. The van der Waals surface area contributed by atoms with Gasteiger partial charge in [0.1, 0.15) is 0 Å². The van der Waals surface area contributed by atoms with Crippen LogP contribution in [-0.4, -0.2) is 0 Å². The molecule has 0 atom stereocenters. The minimum absolute atomic E-state index is 1.07. The zero-order valence-electron chi connectivity index (χ0n) is 4.28. The third kappa shape index (κ3) is 3.74. The Hall–Kier alpha value is -0.260. The Labute approximate surface area is 39.9 Å². The smallest absolute Gasteiger partial charge is 0.0528 e. The van der Waals surface area contributed by atoms with E-state index in [1.807, 2.05) is 0 Å². The predicted octanol–water partition coefficient (Wildman–Crippen LogP) is 2.17. The Morgan fingerprint density at radius 2 is 2.33 bits per heavy atom. The highest BCUT2D eigenvalue weighted by Crippen LogP contribution is 1.91. The largest absolute Gasteiger partial charge is 0.518 e. The van der Waals surface area contributed by atoms with Gasteiger partial charge in [0.15, 0.2) is 0 Å². The first-order chi connectivity index (χ1) is 2.91. The van der Waals surface area contributed by atoms with Crippen LogP contribution in [0.25, 0.3) is 0 Å². The fourth-order valence-electron chi connectivity index (χ4n) is 0.322. The van der Waals surface area contributed by atoms with Gasteiger partial charge in [0.25, 0.3) is 0 Å². The van der Waals surface area contributed by atoms with Crippen LogP contribution in [0, 0.1) is 6.58 Å². The molecule has 0 unspecified atom stereocenters. The maximum absolute atomic E-state index is 5.09. The van der Waals surface area contributed by atoms with E-state index in [2.05, 4.69) is 6.92 Å². The van der Waals surface area contributed by atoms with Crippen LogP contribution in [0.15, 0.2) is 6.08 Å². The van der Waals surface area contributed by atoms with E-state index in [0.717, 1.165) is 6.42 Å². The topological polar surface area (TPSA) is 0 Å². The van der Waals surface area contributed by atoms with E-state index in [1.165, 1.54) is 12.8 Å². The molecule has 0 heteroatoms. The third-order valence-corrected chi connectivity index (χ3v) is 0.724. The van der Waals surface area contributed by atoms with Crippen molar-refractivity contribution in [1.82, 2.24) is 0 Å². The van der Waals surface area contributed by atoms with Crippen LogP contribution in [0.4, 0.5) is 0 Å². The van der Waals surface area contributed by atoms with Crippen LogP contribution < -0.4 is 0 Å². The lowest BCUT2D eigenvalue weighted by Gasteiger charge is -1.87. The molecule has 0 fully saturated rings. The van der Waals surface area contributed by atoms with Crippen LogP contribution in [0.5, 0.6) is 0 Å². The van der Waals surface area contributed by atoms with Crippen molar-refractivity contribution in [1.29, 1.82) is 0 Å². The van der Waals surface area contributed by atoms with Gasteiger partial charge in [0.2, 0.25) is 0 Å². The molecule has 0 aliphatic carbocycles. The molecule has 6 heavy (non-hydrogen) atoms. The molecule has 36 valence electrons. The summed E-state index contributed by atoms with van der Waals surface area (Å²) in [6.07, 6.45) is 5.25. The van der Waals surface area contributed by atoms with Crippen molar-refractivity contribution < 1.29 is 0 Å². The van der Waals surface area contributed by atoms with Gasteiger partial charge in [-0.25, -0.2) is 0 Å². The average Bonchev–Trinajstić information content (AvgIpc) is 1.61. The van der Waals surface area contributed by atoms with Crippen LogP contribution in [-0.2, 0) is 0 Å². The second-order valence-electron chi connectivity index (χ2n) is 1.38. The van der Waals surface area contributed by atoms with Crippen molar-refractivity contribution in [3.63, 3.8) is 0 Å².